The number of fused-ring (bicyclic) bond motifs is 6. The summed E-state index contributed by atoms with van der Waals surface area (Å²) in [5.41, 5.74) is 8.46. The van der Waals surface area contributed by atoms with Gasteiger partial charge in [-0.05, 0) is 168 Å². The summed E-state index contributed by atoms with van der Waals surface area (Å²) < 4.78 is 49.9. The van der Waals surface area contributed by atoms with Crippen LogP contribution < -0.4 is 57.9 Å². The molecular formula is C84H98O10P2Rh2. The number of methoxy groups -OCH3 is 4. The second-order valence-corrected chi connectivity index (χ2v) is 31.5. The Morgan fingerprint density at radius 2 is 0.551 bits per heavy atom. The van der Waals surface area contributed by atoms with E-state index in [4.69, 9.17) is 37.0 Å². The van der Waals surface area contributed by atoms with Crippen molar-refractivity contribution in [1.82, 2.24) is 0 Å². The molecule has 0 fully saturated rings. The molecule has 98 heavy (non-hydrogen) atoms. The molecule has 2 radical (unpaired) electrons. The van der Waals surface area contributed by atoms with Crippen LogP contribution in [0.25, 0.3) is 44.5 Å². The van der Waals surface area contributed by atoms with Gasteiger partial charge in [-0.2, -0.15) is 0 Å². The van der Waals surface area contributed by atoms with Crippen LogP contribution in [-0.2, 0) is 60.6 Å². The van der Waals surface area contributed by atoms with Gasteiger partial charge in [0.05, 0.1) is 28.4 Å². The number of ether oxygens (including phenoxy) is 4. The van der Waals surface area contributed by atoms with Crippen LogP contribution >= 0.6 is 16.8 Å². The number of benzene rings is 8. The first-order valence-electron chi connectivity index (χ1n) is 33.5. The monoisotopic (exact) mass is 1530 g/mol. The van der Waals surface area contributed by atoms with Gasteiger partial charge in [-0.3, -0.25) is 0 Å². The summed E-state index contributed by atoms with van der Waals surface area (Å²) in [6.07, 6.45) is 28.0. The summed E-state index contributed by atoms with van der Waals surface area (Å²) in [5, 5.41) is 30.2. The van der Waals surface area contributed by atoms with Gasteiger partial charge in [0, 0.05) is 83.5 Å². The Bertz CT molecular complexity index is 3810. The Hall–Kier alpha value is -7.17. The zero-order valence-electron chi connectivity index (χ0n) is 59.9. The van der Waals surface area contributed by atoms with Crippen molar-refractivity contribution in [2.45, 2.75) is 156 Å². The number of rotatable bonds is 10. The van der Waals surface area contributed by atoms with Crippen LogP contribution in [0.5, 0.6) is 57.5 Å². The first-order valence-corrected chi connectivity index (χ1v) is 36.2. The number of para-hydroxylation sites is 2. The Morgan fingerprint density at radius 1 is 0.306 bits per heavy atom. The standard InChI is InChI=1S/2C34H37O5P.2C8H12.2Rh/c2*1-33(2,3)27-19-21(36-7)17-25(31(27)35)26-18-22(37-8)20-28(34(4,5)6)32(26)39-40-30-16-12-10-14-24(30)23-13-9-11-15-29(23)38-40;2*1-2-4-6-8-7-5-3-1;;/h2*9-20,35H,1-8H3;2*1-2,7-8H,3-6H2;;/b;;2*2-1-,8-7-;;. The number of allylic oxidation sites excluding steroid dienone is 8. The summed E-state index contributed by atoms with van der Waals surface area (Å²) in [6, 6.07) is 47.6. The van der Waals surface area contributed by atoms with Crippen molar-refractivity contribution in [2.75, 3.05) is 28.4 Å². The molecule has 0 spiro atoms. The topological polar surface area (TPSA) is 120 Å². The summed E-state index contributed by atoms with van der Waals surface area (Å²) >= 11 is 0. The molecule has 0 bridgehead atoms. The van der Waals surface area contributed by atoms with Crippen molar-refractivity contribution in [2.24, 2.45) is 0 Å². The van der Waals surface area contributed by atoms with Crippen LogP contribution in [0, 0.1) is 0 Å². The first kappa shape index (κ1) is 78.2. The summed E-state index contributed by atoms with van der Waals surface area (Å²) in [4.78, 5) is 0. The molecule has 12 rings (SSSR count). The van der Waals surface area contributed by atoms with E-state index in [1.54, 1.807) is 40.6 Å². The van der Waals surface area contributed by atoms with Crippen molar-refractivity contribution in [1.29, 1.82) is 0 Å². The molecule has 14 heteroatoms. The third-order valence-corrected chi connectivity index (χ3v) is 20.5. The van der Waals surface area contributed by atoms with Gasteiger partial charge in [-0.1, -0.05) is 216 Å². The molecule has 522 valence electrons. The van der Waals surface area contributed by atoms with E-state index in [2.05, 4.69) is 127 Å². The molecule has 0 saturated heterocycles. The van der Waals surface area contributed by atoms with Crippen molar-refractivity contribution in [3.05, 3.63) is 216 Å². The maximum absolute atomic E-state index is 14.1. The van der Waals surface area contributed by atoms with E-state index in [1.807, 2.05) is 139 Å². The van der Waals surface area contributed by atoms with E-state index < -0.39 is 16.8 Å². The van der Waals surface area contributed by atoms with Gasteiger partial charge < -0.3 is 47.3 Å². The van der Waals surface area contributed by atoms with E-state index in [-0.39, 0.29) is 72.1 Å². The third kappa shape index (κ3) is 19.2. The summed E-state index contributed by atoms with van der Waals surface area (Å²) in [7, 11) is 2.44. The number of hydrogen-bond donors (Lipinski definition) is 0. The molecule has 2 atom stereocenters. The van der Waals surface area contributed by atoms with Crippen LogP contribution in [0.15, 0.2) is 194 Å². The van der Waals surface area contributed by atoms with Crippen LogP contribution in [-0.4, -0.2) is 28.4 Å². The summed E-state index contributed by atoms with van der Waals surface area (Å²) in [5.74, 6) is 5.27. The minimum atomic E-state index is -2.04. The van der Waals surface area contributed by atoms with E-state index in [0.717, 1.165) is 55.5 Å². The summed E-state index contributed by atoms with van der Waals surface area (Å²) in [6.45, 7) is 25.0. The molecule has 0 aromatic heterocycles. The smallest absolute Gasteiger partial charge is 0.385 e. The van der Waals surface area contributed by atoms with E-state index >= 15 is 0 Å². The fraction of sp³-hybridized carbons (Fsp3) is 0.333. The molecule has 2 aliphatic carbocycles. The second kappa shape index (κ2) is 34.7. The van der Waals surface area contributed by atoms with Gasteiger partial charge in [-0.15, -0.1) is 0 Å². The molecule has 4 aliphatic rings. The average molecular weight is 1540 g/mol. The Morgan fingerprint density at radius 3 is 0.827 bits per heavy atom. The molecule has 8 aromatic rings. The second-order valence-electron chi connectivity index (χ2n) is 28.5. The first-order chi connectivity index (χ1) is 45.8. The minimum Gasteiger partial charge on any atom is -0.872 e. The molecular weight excluding hydrogens is 1440 g/mol. The van der Waals surface area contributed by atoms with Crippen molar-refractivity contribution in [3.63, 3.8) is 0 Å². The molecule has 0 N–H and O–H groups in total. The van der Waals surface area contributed by atoms with E-state index in [9.17, 15) is 10.2 Å². The van der Waals surface area contributed by atoms with Gasteiger partial charge in [0.15, 0.2) is 33.6 Å². The molecule has 2 unspecified atom stereocenters. The molecule has 0 saturated carbocycles. The van der Waals surface area contributed by atoms with Gasteiger partial charge in [0.1, 0.15) is 23.0 Å². The van der Waals surface area contributed by atoms with Crippen molar-refractivity contribution >= 4 is 27.4 Å². The average Bonchev–Trinajstić information content (AvgIpc) is 0.753. The fourth-order valence-corrected chi connectivity index (χ4v) is 15.3. The van der Waals surface area contributed by atoms with Crippen LogP contribution in [0.4, 0.5) is 0 Å². The molecule has 10 nitrogen and oxygen atoms in total. The molecule has 0 amide bonds. The molecule has 8 aromatic carbocycles. The Kier molecular flexibility index (Phi) is 27.7. The van der Waals surface area contributed by atoms with E-state index in [1.165, 1.54) is 51.4 Å². The molecule has 2 heterocycles. The normalized spacial score (nSPS) is 16.4. The van der Waals surface area contributed by atoms with Gasteiger partial charge in [0.25, 0.3) is 0 Å². The van der Waals surface area contributed by atoms with Gasteiger partial charge in [-0.25, -0.2) is 0 Å². The van der Waals surface area contributed by atoms with Crippen LogP contribution in [0.2, 0.25) is 0 Å². The SMILES string of the molecule is C1=C\CC/C=C\CC/1.C1=C\CC/C=C\CC/1.COc1cc(-c2cc(OC)cc(C(C)(C)C)c2O[PH+]2Oc3ccccc3-c3ccccc32)c([O-])c(C(C)(C)C)c1.COc1cc(-c2cc(OC)cc(C(C)(C)C)c2O[PH+]2Oc3ccccc3-c3ccccc32)c([O-])c(C(C)(C)C)c1.[Rh].[Rh]. The number of hydrogen-bond acceptors (Lipinski definition) is 10. The minimum absolute atomic E-state index is 0. The van der Waals surface area contributed by atoms with Crippen molar-refractivity contribution in [3.8, 4) is 102 Å². The Balaban J connectivity index is 0.000000220. The van der Waals surface area contributed by atoms with Crippen LogP contribution in [0.3, 0.4) is 0 Å². The largest absolute Gasteiger partial charge is 0.872 e. The van der Waals surface area contributed by atoms with Gasteiger partial charge >= 0.3 is 16.8 Å². The predicted octanol–water partition coefficient (Wildman–Crippen LogP) is 21.0. The van der Waals surface area contributed by atoms with E-state index in [0.29, 0.717) is 67.9 Å². The predicted molar refractivity (Wildman–Crippen MR) is 399 cm³/mol. The van der Waals surface area contributed by atoms with Crippen molar-refractivity contribution < 1.29 is 86.2 Å². The maximum atomic E-state index is 14.1. The molecule has 2 aliphatic heterocycles. The zero-order valence-corrected chi connectivity index (χ0v) is 65.2. The zero-order chi connectivity index (χ0) is 69.0. The Labute approximate surface area is 612 Å². The van der Waals surface area contributed by atoms with Crippen LogP contribution in [0.1, 0.15) is 157 Å². The third-order valence-electron chi connectivity index (χ3n) is 17.1. The fourth-order valence-electron chi connectivity index (χ4n) is 11.8. The quantitative estimate of drug-likeness (QED) is 0.0744. The van der Waals surface area contributed by atoms with Gasteiger partial charge in [0.2, 0.25) is 0 Å². The maximum Gasteiger partial charge on any atom is 0.385 e.